The van der Waals surface area contributed by atoms with Gasteiger partial charge in [-0.3, -0.25) is 15.0 Å². The molecule has 9 heteroatoms. The third-order valence-corrected chi connectivity index (χ3v) is 6.04. The molecule has 4 rings (SSSR count). The Kier molecular flexibility index (Phi) is 6.13. The van der Waals surface area contributed by atoms with Crippen LogP contribution in [0.4, 0.5) is 8.78 Å². The Hall–Kier alpha value is -3.75. The van der Waals surface area contributed by atoms with Gasteiger partial charge in [0.25, 0.3) is 5.91 Å². The van der Waals surface area contributed by atoms with E-state index in [9.17, 15) is 18.4 Å². The van der Waals surface area contributed by atoms with Crippen molar-refractivity contribution in [1.82, 2.24) is 9.88 Å². The summed E-state index contributed by atoms with van der Waals surface area (Å²) in [5.74, 6) is -1.22. The molecule has 1 heterocycles. The molecule has 3 aromatic rings. The number of aromatic nitrogens is 1. The standard InChI is InChI=1S/C24H25F2N5O2/c25-17-5-2-6-18(21(17)26)30-24(33)20-10-14-7-8-15(22(27)28)11-19(14)31(20)12-13-3-1-4-16(9-13)23(29)32/h1,3-4,7-11,17-18,21H,2,5-6,12H2,(H3,27,28)(H2,29,32)(H,30,33). The number of nitrogens with two attached hydrogens (primary N) is 2. The number of primary amides is 1. The second-order valence-corrected chi connectivity index (χ2v) is 8.34. The Balaban J connectivity index is 1.75. The second-order valence-electron chi connectivity index (χ2n) is 8.34. The van der Waals surface area contributed by atoms with Gasteiger partial charge < -0.3 is 21.4 Å². The first-order valence-corrected chi connectivity index (χ1v) is 10.7. The van der Waals surface area contributed by atoms with Gasteiger partial charge in [0.2, 0.25) is 5.91 Å². The number of amidine groups is 1. The maximum Gasteiger partial charge on any atom is 0.268 e. The number of halogens is 2. The molecule has 3 unspecified atom stereocenters. The number of benzene rings is 2. The number of carbonyl (C=O) groups is 2. The van der Waals surface area contributed by atoms with Crippen LogP contribution in [-0.2, 0) is 6.54 Å². The normalized spacial score (nSPS) is 20.5. The summed E-state index contributed by atoms with van der Waals surface area (Å²) >= 11 is 0. The van der Waals surface area contributed by atoms with E-state index in [0.29, 0.717) is 29.5 Å². The van der Waals surface area contributed by atoms with Gasteiger partial charge in [-0.1, -0.05) is 24.3 Å². The lowest BCUT2D eigenvalue weighted by molar-refractivity contribution is 0.0699. The van der Waals surface area contributed by atoms with Crippen LogP contribution >= 0.6 is 0 Å². The van der Waals surface area contributed by atoms with E-state index in [-0.39, 0.29) is 24.5 Å². The fourth-order valence-corrected chi connectivity index (χ4v) is 4.28. The molecule has 0 saturated heterocycles. The Morgan fingerprint density at radius 3 is 2.58 bits per heavy atom. The number of fused-ring (bicyclic) bond motifs is 1. The van der Waals surface area contributed by atoms with Crippen LogP contribution in [0.2, 0.25) is 0 Å². The smallest absolute Gasteiger partial charge is 0.268 e. The molecule has 0 bridgehead atoms. The maximum atomic E-state index is 14.4. The van der Waals surface area contributed by atoms with Crippen molar-refractivity contribution in [2.24, 2.45) is 11.5 Å². The summed E-state index contributed by atoms with van der Waals surface area (Å²) in [5, 5.41) is 11.1. The van der Waals surface area contributed by atoms with E-state index in [1.54, 1.807) is 53.1 Å². The van der Waals surface area contributed by atoms with Crippen LogP contribution in [0, 0.1) is 5.41 Å². The molecule has 1 aromatic heterocycles. The van der Waals surface area contributed by atoms with Crippen LogP contribution in [0.1, 0.15) is 51.2 Å². The average Bonchev–Trinajstić information content (AvgIpc) is 3.14. The van der Waals surface area contributed by atoms with E-state index in [4.69, 9.17) is 16.9 Å². The predicted molar refractivity (Wildman–Crippen MR) is 122 cm³/mol. The monoisotopic (exact) mass is 453 g/mol. The maximum absolute atomic E-state index is 14.4. The average molecular weight is 453 g/mol. The summed E-state index contributed by atoms with van der Waals surface area (Å²) < 4.78 is 29.9. The van der Waals surface area contributed by atoms with Gasteiger partial charge in [0.1, 0.15) is 17.7 Å². The van der Waals surface area contributed by atoms with Gasteiger partial charge in [-0.05, 0) is 49.1 Å². The first-order chi connectivity index (χ1) is 15.7. The molecule has 7 nitrogen and oxygen atoms in total. The van der Waals surface area contributed by atoms with Crippen LogP contribution in [0.3, 0.4) is 0 Å². The third kappa shape index (κ3) is 4.57. The number of carbonyl (C=O) groups excluding carboxylic acids is 2. The van der Waals surface area contributed by atoms with E-state index in [1.807, 2.05) is 0 Å². The van der Waals surface area contributed by atoms with Crippen LogP contribution in [0.25, 0.3) is 10.9 Å². The SMILES string of the molecule is N=C(N)c1ccc2cc(C(=O)NC3CCCC(F)C3F)n(Cc3cccc(C(N)=O)c3)c2c1. The van der Waals surface area contributed by atoms with Crippen molar-refractivity contribution in [1.29, 1.82) is 5.41 Å². The lowest BCUT2D eigenvalue weighted by Crippen LogP contribution is -2.48. The molecule has 1 aliphatic rings. The van der Waals surface area contributed by atoms with E-state index < -0.39 is 30.2 Å². The topological polar surface area (TPSA) is 127 Å². The summed E-state index contributed by atoms with van der Waals surface area (Å²) in [6.07, 6.45) is -2.33. The molecule has 1 fully saturated rings. The van der Waals surface area contributed by atoms with Gasteiger partial charge in [0.05, 0.1) is 6.04 Å². The number of hydrogen-bond acceptors (Lipinski definition) is 3. The fourth-order valence-electron chi connectivity index (χ4n) is 4.28. The lowest BCUT2D eigenvalue weighted by Gasteiger charge is -2.29. The fraction of sp³-hybridized carbons (Fsp3) is 0.292. The minimum absolute atomic E-state index is 0.122. The highest BCUT2D eigenvalue weighted by Crippen LogP contribution is 2.27. The number of alkyl halides is 2. The number of nitrogens with zero attached hydrogens (tertiary/aromatic N) is 1. The van der Waals surface area contributed by atoms with Crippen LogP contribution in [-0.4, -0.2) is 40.6 Å². The molecule has 2 amide bonds. The summed E-state index contributed by atoms with van der Waals surface area (Å²) in [6, 6.07) is 12.6. The summed E-state index contributed by atoms with van der Waals surface area (Å²) in [4.78, 5) is 24.8. The molecule has 0 radical (unpaired) electrons. The Morgan fingerprint density at radius 1 is 1.06 bits per heavy atom. The molecule has 0 spiro atoms. The van der Waals surface area contributed by atoms with Crippen molar-refractivity contribution in [3.8, 4) is 0 Å². The highest BCUT2D eigenvalue weighted by molar-refractivity contribution is 6.02. The van der Waals surface area contributed by atoms with E-state index in [0.717, 1.165) is 10.9 Å². The summed E-state index contributed by atoms with van der Waals surface area (Å²) in [7, 11) is 0. The van der Waals surface area contributed by atoms with Gasteiger partial charge in [0.15, 0.2) is 6.17 Å². The van der Waals surface area contributed by atoms with Crippen molar-refractivity contribution in [2.75, 3.05) is 0 Å². The molecule has 0 aliphatic heterocycles. The van der Waals surface area contributed by atoms with Crippen molar-refractivity contribution < 1.29 is 18.4 Å². The quantitative estimate of drug-likeness (QED) is 0.338. The van der Waals surface area contributed by atoms with Crippen LogP contribution in [0.15, 0.2) is 48.5 Å². The molecular formula is C24H25F2N5O2. The number of hydrogen-bond donors (Lipinski definition) is 4. The highest BCUT2D eigenvalue weighted by atomic mass is 19.2. The molecule has 33 heavy (non-hydrogen) atoms. The zero-order valence-electron chi connectivity index (χ0n) is 17.9. The van der Waals surface area contributed by atoms with Crippen LogP contribution in [0.5, 0.6) is 0 Å². The predicted octanol–water partition coefficient (Wildman–Crippen LogP) is 3.03. The van der Waals surface area contributed by atoms with Crippen molar-refractivity contribution in [3.05, 3.63) is 70.9 Å². The summed E-state index contributed by atoms with van der Waals surface area (Å²) in [5.41, 5.74) is 13.5. The molecule has 172 valence electrons. The molecule has 1 aliphatic carbocycles. The van der Waals surface area contributed by atoms with Gasteiger partial charge in [-0.15, -0.1) is 0 Å². The number of amides is 2. The molecular weight excluding hydrogens is 428 g/mol. The number of rotatable bonds is 6. The number of nitrogens with one attached hydrogen (secondary N) is 2. The van der Waals surface area contributed by atoms with Gasteiger partial charge in [-0.25, -0.2) is 8.78 Å². The van der Waals surface area contributed by atoms with E-state index in [2.05, 4.69) is 5.32 Å². The van der Waals surface area contributed by atoms with Gasteiger partial charge in [-0.2, -0.15) is 0 Å². The second kappa shape index (κ2) is 9.01. The highest BCUT2D eigenvalue weighted by Gasteiger charge is 2.35. The van der Waals surface area contributed by atoms with Crippen LogP contribution < -0.4 is 16.8 Å². The number of nitrogen functional groups attached to an aromatic ring is 1. The molecule has 6 N–H and O–H groups in total. The minimum Gasteiger partial charge on any atom is -0.384 e. The first-order valence-electron chi connectivity index (χ1n) is 10.7. The zero-order valence-corrected chi connectivity index (χ0v) is 17.9. The van der Waals surface area contributed by atoms with Gasteiger partial charge >= 0.3 is 0 Å². The zero-order chi connectivity index (χ0) is 23.7. The Morgan fingerprint density at radius 2 is 1.85 bits per heavy atom. The lowest BCUT2D eigenvalue weighted by atomic mass is 9.92. The largest absolute Gasteiger partial charge is 0.384 e. The van der Waals surface area contributed by atoms with E-state index >= 15 is 0 Å². The Labute approximate surface area is 189 Å². The van der Waals surface area contributed by atoms with Crippen molar-refractivity contribution >= 4 is 28.6 Å². The summed E-state index contributed by atoms with van der Waals surface area (Å²) in [6.45, 7) is 0.212. The third-order valence-electron chi connectivity index (χ3n) is 6.04. The molecule has 3 atom stereocenters. The minimum atomic E-state index is -1.75. The molecule has 1 saturated carbocycles. The Bertz CT molecular complexity index is 1240. The molecule has 2 aromatic carbocycles. The first kappa shape index (κ1) is 22.4. The van der Waals surface area contributed by atoms with E-state index in [1.165, 1.54) is 0 Å². The van der Waals surface area contributed by atoms with Crippen molar-refractivity contribution in [2.45, 2.75) is 44.2 Å². The van der Waals surface area contributed by atoms with Gasteiger partial charge in [0, 0.05) is 28.6 Å². The van der Waals surface area contributed by atoms with Crippen molar-refractivity contribution in [3.63, 3.8) is 0 Å².